The van der Waals surface area contributed by atoms with Crippen molar-refractivity contribution in [1.82, 2.24) is 15.0 Å². The molecule has 9 nitrogen and oxygen atoms in total. The lowest BCUT2D eigenvalue weighted by Crippen LogP contribution is -2.60. The third-order valence-electron chi connectivity index (χ3n) is 5.13. The van der Waals surface area contributed by atoms with Gasteiger partial charge in [-0.15, -0.1) is 0 Å². The third-order valence-corrected chi connectivity index (χ3v) is 5.30. The molecule has 10 heteroatoms. The molecular formula is C17H26ClN5O4. The van der Waals surface area contributed by atoms with Crippen molar-refractivity contribution in [1.29, 1.82) is 0 Å². The van der Waals surface area contributed by atoms with E-state index in [0.29, 0.717) is 64.8 Å². The number of halogens is 1. The molecule has 27 heavy (non-hydrogen) atoms. The zero-order valence-electron chi connectivity index (χ0n) is 15.7. The highest BCUT2D eigenvalue weighted by atomic mass is 35.5. The Bertz CT molecular complexity index is 632. The van der Waals surface area contributed by atoms with E-state index in [9.17, 15) is 0 Å². The molecule has 0 aliphatic carbocycles. The maximum atomic E-state index is 6.30. The van der Waals surface area contributed by atoms with Gasteiger partial charge in [-0.2, -0.15) is 15.0 Å². The maximum absolute atomic E-state index is 6.30. The molecule has 2 unspecified atom stereocenters. The molecule has 0 N–H and O–H groups in total. The highest BCUT2D eigenvalue weighted by Gasteiger charge is 2.38. The molecule has 3 aliphatic rings. The first-order valence-electron chi connectivity index (χ1n) is 9.46. The minimum Gasteiger partial charge on any atom is -0.380 e. The number of aromatic nitrogens is 3. The van der Waals surface area contributed by atoms with Crippen LogP contribution >= 0.6 is 11.6 Å². The van der Waals surface area contributed by atoms with Crippen LogP contribution in [0.3, 0.4) is 0 Å². The van der Waals surface area contributed by atoms with E-state index in [2.05, 4.69) is 26.7 Å². The van der Waals surface area contributed by atoms with Crippen LogP contribution in [0.2, 0.25) is 5.28 Å². The fraction of sp³-hybridized carbons (Fsp3) is 0.824. The first kappa shape index (κ1) is 19.1. The van der Waals surface area contributed by atoms with Crippen molar-refractivity contribution >= 4 is 23.5 Å². The fourth-order valence-corrected chi connectivity index (χ4v) is 4.07. The number of ether oxygens (including phenoxy) is 4. The Morgan fingerprint density at radius 2 is 1.52 bits per heavy atom. The molecule has 150 valence electrons. The predicted molar refractivity (Wildman–Crippen MR) is 99.6 cm³/mol. The van der Waals surface area contributed by atoms with Crippen LogP contribution in [0.25, 0.3) is 0 Å². The average molecular weight is 400 g/mol. The highest BCUT2D eigenvalue weighted by Crippen LogP contribution is 2.28. The van der Waals surface area contributed by atoms with Gasteiger partial charge in [0.2, 0.25) is 17.2 Å². The molecule has 0 spiro atoms. The van der Waals surface area contributed by atoms with Gasteiger partial charge in [0.05, 0.1) is 70.4 Å². The van der Waals surface area contributed by atoms with Crippen LogP contribution in [0, 0.1) is 0 Å². The zero-order valence-corrected chi connectivity index (χ0v) is 16.5. The second kappa shape index (κ2) is 8.40. The van der Waals surface area contributed by atoms with Gasteiger partial charge in [-0.05, 0) is 25.4 Å². The minimum atomic E-state index is 0.0348. The molecule has 2 bridgehead atoms. The Morgan fingerprint density at radius 1 is 0.926 bits per heavy atom. The van der Waals surface area contributed by atoms with Crippen LogP contribution in [-0.2, 0) is 18.9 Å². The van der Waals surface area contributed by atoms with Crippen molar-refractivity contribution in [3.63, 3.8) is 0 Å². The smallest absolute Gasteiger partial charge is 0.232 e. The molecule has 0 amide bonds. The van der Waals surface area contributed by atoms with Crippen molar-refractivity contribution < 1.29 is 18.9 Å². The van der Waals surface area contributed by atoms with Crippen molar-refractivity contribution in [2.75, 3.05) is 62.7 Å². The lowest BCUT2D eigenvalue weighted by atomic mass is 10.1. The minimum absolute atomic E-state index is 0.0348. The highest BCUT2D eigenvalue weighted by molar-refractivity contribution is 6.28. The summed E-state index contributed by atoms with van der Waals surface area (Å²) in [5, 5.41) is 0.189. The van der Waals surface area contributed by atoms with Gasteiger partial charge in [0, 0.05) is 6.61 Å². The summed E-state index contributed by atoms with van der Waals surface area (Å²) in [4.78, 5) is 18.0. The quantitative estimate of drug-likeness (QED) is 0.712. The van der Waals surface area contributed by atoms with Crippen molar-refractivity contribution in [2.24, 2.45) is 0 Å². The summed E-state index contributed by atoms with van der Waals surface area (Å²) in [5.74, 6) is 1.15. The molecule has 1 aromatic rings. The van der Waals surface area contributed by atoms with Crippen molar-refractivity contribution in [3.8, 4) is 0 Å². The summed E-state index contributed by atoms with van der Waals surface area (Å²) < 4.78 is 22.7. The molecule has 4 rings (SSSR count). The Labute approximate surface area is 163 Å². The third kappa shape index (κ3) is 3.97. The summed E-state index contributed by atoms with van der Waals surface area (Å²) in [5.41, 5.74) is 0. The molecule has 0 radical (unpaired) electrons. The molecule has 0 saturated carbocycles. The molecule has 1 aromatic heterocycles. The van der Waals surface area contributed by atoms with Crippen LogP contribution in [0.15, 0.2) is 0 Å². The number of nitrogens with zero attached hydrogens (tertiary/aromatic N) is 5. The van der Waals surface area contributed by atoms with Crippen LogP contribution < -0.4 is 9.80 Å². The van der Waals surface area contributed by atoms with Crippen molar-refractivity contribution in [3.05, 3.63) is 5.28 Å². The second-order valence-corrected chi connectivity index (χ2v) is 7.44. The predicted octanol–water partition coefficient (Wildman–Crippen LogP) is 0.759. The normalized spacial score (nSPS) is 31.2. The number of morpholine rings is 3. The van der Waals surface area contributed by atoms with Gasteiger partial charge in [-0.25, -0.2) is 0 Å². The Morgan fingerprint density at radius 3 is 2.15 bits per heavy atom. The Kier molecular flexibility index (Phi) is 5.93. The van der Waals surface area contributed by atoms with E-state index in [1.807, 2.05) is 6.92 Å². The van der Waals surface area contributed by atoms with Crippen LogP contribution in [-0.4, -0.2) is 92.0 Å². The molecule has 3 saturated heterocycles. The van der Waals surface area contributed by atoms with Crippen LogP contribution in [0.1, 0.15) is 13.8 Å². The van der Waals surface area contributed by atoms with E-state index >= 15 is 0 Å². The molecule has 2 atom stereocenters. The van der Waals surface area contributed by atoms with Gasteiger partial charge in [0.25, 0.3) is 0 Å². The molecule has 3 aliphatic heterocycles. The van der Waals surface area contributed by atoms with Gasteiger partial charge in [0.1, 0.15) is 0 Å². The van der Waals surface area contributed by atoms with E-state index in [1.165, 1.54) is 0 Å². The van der Waals surface area contributed by atoms with Crippen molar-refractivity contribution in [2.45, 2.75) is 38.0 Å². The van der Waals surface area contributed by atoms with Crippen LogP contribution in [0.5, 0.6) is 0 Å². The summed E-state index contributed by atoms with van der Waals surface area (Å²) in [6.45, 7) is 8.83. The molecular weight excluding hydrogens is 374 g/mol. The first-order valence-corrected chi connectivity index (χ1v) is 9.84. The van der Waals surface area contributed by atoms with E-state index in [1.54, 1.807) is 0 Å². The lowest BCUT2D eigenvalue weighted by Gasteiger charge is -2.45. The van der Waals surface area contributed by atoms with Gasteiger partial charge in [-0.3, -0.25) is 0 Å². The Balaban J connectivity index is 1.65. The summed E-state index contributed by atoms with van der Waals surface area (Å²) >= 11 is 6.30. The van der Waals surface area contributed by atoms with E-state index in [4.69, 9.17) is 35.5 Å². The van der Waals surface area contributed by atoms with Gasteiger partial charge >= 0.3 is 0 Å². The van der Waals surface area contributed by atoms with E-state index < -0.39 is 0 Å². The topological polar surface area (TPSA) is 82.1 Å². The largest absolute Gasteiger partial charge is 0.380 e. The average Bonchev–Trinajstić information content (AvgIpc) is 2.65. The summed E-state index contributed by atoms with van der Waals surface area (Å²) in [7, 11) is 0. The fourth-order valence-electron chi connectivity index (χ4n) is 3.92. The number of hydrogen-bond donors (Lipinski definition) is 0. The van der Waals surface area contributed by atoms with E-state index in [-0.39, 0.29) is 29.5 Å². The van der Waals surface area contributed by atoms with E-state index in [0.717, 1.165) is 0 Å². The number of rotatable bonds is 5. The monoisotopic (exact) mass is 399 g/mol. The standard InChI is InChI=1S/C17H26ClN5O4/c1-3-24-5-12-6-25-4-11(2)22(12)16-19-15(18)20-17(21-16)23-13-7-26-9-14(23)10-27-8-13/h11-14H,3-10H2,1-2H3. The first-order chi connectivity index (χ1) is 13.2. The molecule has 0 aromatic carbocycles. The summed E-state index contributed by atoms with van der Waals surface area (Å²) in [6.07, 6.45) is 0. The van der Waals surface area contributed by atoms with Crippen LogP contribution in [0.4, 0.5) is 11.9 Å². The molecule has 4 heterocycles. The number of hydrogen-bond acceptors (Lipinski definition) is 9. The molecule has 3 fully saturated rings. The zero-order chi connectivity index (χ0) is 18.8. The summed E-state index contributed by atoms with van der Waals surface area (Å²) in [6, 6.07) is 0.325. The Hall–Kier alpha value is -1.26. The second-order valence-electron chi connectivity index (χ2n) is 7.10. The van der Waals surface area contributed by atoms with Gasteiger partial charge in [0.15, 0.2) is 0 Å². The lowest BCUT2D eigenvalue weighted by molar-refractivity contribution is -0.0355. The van der Waals surface area contributed by atoms with Gasteiger partial charge in [-0.1, -0.05) is 0 Å². The number of fused-ring (bicyclic) bond motifs is 2. The SMILES string of the molecule is CCOCC1COCC(C)N1c1nc(Cl)nc(N2C3COCC2COC3)n1. The van der Waals surface area contributed by atoms with Gasteiger partial charge < -0.3 is 28.7 Å². The maximum Gasteiger partial charge on any atom is 0.232 e. The number of anilines is 2.